The van der Waals surface area contributed by atoms with Gasteiger partial charge in [0.15, 0.2) is 0 Å². The summed E-state index contributed by atoms with van der Waals surface area (Å²) >= 11 is 6.03. The maximum atomic E-state index is 6.03. The number of nitrogens with zero attached hydrogens (tertiary/aromatic N) is 1. The van der Waals surface area contributed by atoms with Gasteiger partial charge in [0.25, 0.3) is 0 Å². The zero-order valence-electron chi connectivity index (χ0n) is 8.83. The number of ether oxygens (including phenoxy) is 1. The van der Waals surface area contributed by atoms with Crippen molar-refractivity contribution in [3.05, 3.63) is 29.8 Å². The summed E-state index contributed by atoms with van der Waals surface area (Å²) < 4.78 is 6.85. The van der Waals surface area contributed by atoms with Gasteiger partial charge >= 0.3 is 0 Å². The molecule has 14 heavy (non-hydrogen) atoms. The quantitative estimate of drug-likeness (QED) is 0.713. The predicted molar refractivity (Wildman–Crippen MR) is 59.5 cm³/mol. The summed E-state index contributed by atoms with van der Waals surface area (Å²) in [5.41, 5.74) is 1.19. The van der Waals surface area contributed by atoms with Crippen LogP contribution in [0.2, 0.25) is 0 Å². The van der Waals surface area contributed by atoms with E-state index >= 15 is 0 Å². The summed E-state index contributed by atoms with van der Waals surface area (Å²) in [6.45, 7) is 4.89. The first-order valence-electron chi connectivity index (χ1n) is 4.69. The fraction of sp³-hybridized carbons (Fsp3) is 0.455. The van der Waals surface area contributed by atoms with Gasteiger partial charge in [-0.05, 0) is 43.3 Å². The van der Waals surface area contributed by atoms with Crippen molar-refractivity contribution in [2.45, 2.75) is 26.4 Å². The van der Waals surface area contributed by atoms with E-state index in [0.29, 0.717) is 6.04 Å². The summed E-state index contributed by atoms with van der Waals surface area (Å²) in [6.07, 6.45) is 0. The highest BCUT2D eigenvalue weighted by Gasteiger charge is 2.06. The number of hydrogen-bond acceptors (Lipinski definition) is 2. The molecular weight excluding hydrogens is 198 g/mol. The normalized spacial score (nSPS) is 11.0. The van der Waals surface area contributed by atoms with Crippen LogP contribution in [0.5, 0.6) is 5.75 Å². The van der Waals surface area contributed by atoms with Crippen LogP contribution in [0.15, 0.2) is 24.3 Å². The van der Waals surface area contributed by atoms with E-state index < -0.39 is 0 Å². The second-order valence-corrected chi connectivity index (χ2v) is 3.93. The lowest BCUT2D eigenvalue weighted by Crippen LogP contribution is -2.19. The molecule has 0 amide bonds. The molecule has 78 valence electrons. The fourth-order valence-corrected chi connectivity index (χ4v) is 1.23. The van der Waals surface area contributed by atoms with Gasteiger partial charge in [0.05, 0.1) is 7.11 Å². The monoisotopic (exact) mass is 213 g/mol. The number of halogens is 1. The van der Waals surface area contributed by atoms with Gasteiger partial charge in [-0.25, -0.2) is 4.42 Å². The second-order valence-electron chi connectivity index (χ2n) is 3.50. The van der Waals surface area contributed by atoms with Gasteiger partial charge in [0, 0.05) is 12.6 Å². The molecule has 0 N–H and O–H groups in total. The van der Waals surface area contributed by atoms with E-state index in [4.69, 9.17) is 16.5 Å². The third kappa shape index (κ3) is 3.20. The molecule has 0 fully saturated rings. The molecular formula is C11H16ClNO. The first-order valence-corrected chi connectivity index (χ1v) is 5.02. The lowest BCUT2D eigenvalue weighted by molar-refractivity contribution is 0.375. The van der Waals surface area contributed by atoms with E-state index in [1.165, 1.54) is 5.56 Å². The molecule has 0 aliphatic rings. The standard InChI is InChI=1S/C11H16ClNO/c1-9(2)13(12)8-10-4-6-11(14-3)7-5-10/h4-7,9H,8H2,1-3H3. The third-order valence-electron chi connectivity index (χ3n) is 2.05. The first kappa shape index (κ1) is 11.3. The molecule has 1 aromatic carbocycles. The van der Waals surface area contributed by atoms with Gasteiger partial charge in [-0.2, -0.15) is 0 Å². The topological polar surface area (TPSA) is 12.5 Å². The Labute approximate surface area is 90.5 Å². The number of rotatable bonds is 4. The summed E-state index contributed by atoms with van der Waals surface area (Å²) in [5.74, 6) is 0.874. The maximum absolute atomic E-state index is 6.03. The Morgan fingerprint density at radius 1 is 1.29 bits per heavy atom. The van der Waals surface area contributed by atoms with Gasteiger partial charge < -0.3 is 4.74 Å². The van der Waals surface area contributed by atoms with E-state index in [1.54, 1.807) is 11.5 Å². The molecule has 0 aromatic heterocycles. The molecule has 2 nitrogen and oxygen atoms in total. The second kappa shape index (κ2) is 5.23. The van der Waals surface area contributed by atoms with Crippen molar-refractivity contribution in [3.8, 4) is 5.75 Å². The molecule has 0 aliphatic heterocycles. The molecule has 0 atom stereocenters. The fourth-order valence-electron chi connectivity index (χ4n) is 1.09. The van der Waals surface area contributed by atoms with Crippen molar-refractivity contribution in [3.63, 3.8) is 0 Å². The van der Waals surface area contributed by atoms with Gasteiger partial charge in [0.2, 0.25) is 0 Å². The van der Waals surface area contributed by atoms with Crippen molar-refractivity contribution in [1.82, 2.24) is 4.42 Å². The largest absolute Gasteiger partial charge is 0.497 e. The summed E-state index contributed by atoms with van der Waals surface area (Å²) in [4.78, 5) is 0. The molecule has 3 heteroatoms. The van der Waals surface area contributed by atoms with E-state index in [9.17, 15) is 0 Å². The Morgan fingerprint density at radius 2 is 1.86 bits per heavy atom. The summed E-state index contributed by atoms with van der Waals surface area (Å²) in [6, 6.07) is 8.28. The maximum Gasteiger partial charge on any atom is 0.118 e. The van der Waals surface area contributed by atoms with Crippen molar-refractivity contribution < 1.29 is 4.74 Å². The molecule has 0 aliphatic carbocycles. The Morgan fingerprint density at radius 3 is 2.29 bits per heavy atom. The number of hydrogen-bond donors (Lipinski definition) is 0. The lowest BCUT2D eigenvalue weighted by Gasteiger charge is -2.17. The van der Waals surface area contributed by atoms with Crippen molar-refractivity contribution in [2.24, 2.45) is 0 Å². The van der Waals surface area contributed by atoms with Gasteiger partial charge in [-0.1, -0.05) is 12.1 Å². The van der Waals surface area contributed by atoms with E-state index in [-0.39, 0.29) is 0 Å². The van der Waals surface area contributed by atoms with Crippen molar-refractivity contribution in [2.75, 3.05) is 7.11 Å². The first-order chi connectivity index (χ1) is 6.63. The van der Waals surface area contributed by atoms with Crippen molar-refractivity contribution in [1.29, 1.82) is 0 Å². The molecule has 0 saturated heterocycles. The average molecular weight is 214 g/mol. The molecule has 0 spiro atoms. The van der Waals surface area contributed by atoms with Gasteiger partial charge in [-0.15, -0.1) is 0 Å². The highest BCUT2D eigenvalue weighted by atomic mass is 35.5. The molecule has 1 aromatic rings. The van der Waals surface area contributed by atoms with Gasteiger partial charge in [0.1, 0.15) is 5.75 Å². The highest BCUT2D eigenvalue weighted by Crippen LogP contribution is 2.15. The minimum atomic E-state index is 0.346. The Hall–Kier alpha value is -0.730. The Bertz CT molecular complexity index is 271. The van der Waals surface area contributed by atoms with E-state index in [2.05, 4.69) is 13.8 Å². The van der Waals surface area contributed by atoms with Crippen LogP contribution < -0.4 is 4.74 Å². The molecule has 0 heterocycles. The third-order valence-corrected chi connectivity index (χ3v) is 2.56. The number of methoxy groups -OCH3 is 1. The average Bonchev–Trinajstić information content (AvgIpc) is 2.19. The SMILES string of the molecule is COc1ccc(CN(Cl)C(C)C)cc1. The van der Waals surface area contributed by atoms with Crippen LogP contribution in [0.1, 0.15) is 19.4 Å². The lowest BCUT2D eigenvalue weighted by atomic mass is 10.2. The van der Waals surface area contributed by atoms with Crippen LogP contribution in [-0.2, 0) is 6.54 Å². The van der Waals surface area contributed by atoms with Gasteiger partial charge in [-0.3, -0.25) is 0 Å². The highest BCUT2D eigenvalue weighted by molar-refractivity contribution is 6.13. The summed E-state index contributed by atoms with van der Waals surface area (Å²) in [5, 5.41) is 0. The zero-order valence-corrected chi connectivity index (χ0v) is 9.58. The molecule has 1 rings (SSSR count). The predicted octanol–water partition coefficient (Wildman–Crippen LogP) is 3.06. The molecule has 0 bridgehead atoms. The Kier molecular flexibility index (Phi) is 4.23. The van der Waals surface area contributed by atoms with Crippen LogP contribution in [0.25, 0.3) is 0 Å². The van der Waals surface area contributed by atoms with Crippen LogP contribution in [0.4, 0.5) is 0 Å². The van der Waals surface area contributed by atoms with Crippen LogP contribution in [-0.4, -0.2) is 17.6 Å². The minimum Gasteiger partial charge on any atom is -0.497 e. The molecule has 0 saturated carbocycles. The molecule has 0 radical (unpaired) electrons. The van der Waals surface area contributed by atoms with Crippen LogP contribution in [0.3, 0.4) is 0 Å². The summed E-state index contributed by atoms with van der Waals surface area (Å²) in [7, 11) is 1.66. The zero-order chi connectivity index (χ0) is 10.6. The van der Waals surface area contributed by atoms with Crippen molar-refractivity contribution >= 4 is 11.8 Å². The number of benzene rings is 1. The van der Waals surface area contributed by atoms with Crippen LogP contribution >= 0.6 is 11.8 Å². The van der Waals surface area contributed by atoms with E-state index in [1.807, 2.05) is 24.3 Å². The van der Waals surface area contributed by atoms with E-state index in [0.717, 1.165) is 12.3 Å². The molecule has 0 unspecified atom stereocenters. The Balaban J connectivity index is 2.59. The minimum absolute atomic E-state index is 0.346. The van der Waals surface area contributed by atoms with Crippen LogP contribution in [0, 0.1) is 0 Å². The smallest absolute Gasteiger partial charge is 0.118 e.